The van der Waals surface area contributed by atoms with E-state index < -0.39 is 21.8 Å². The Morgan fingerprint density at radius 1 is 1.05 bits per heavy atom. The number of sulfonamides is 1. The number of aliphatic hydroxyl groups is 1. The van der Waals surface area contributed by atoms with Gasteiger partial charge >= 0.3 is 6.09 Å². The van der Waals surface area contributed by atoms with E-state index in [-0.39, 0.29) is 43.4 Å². The van der Waals surface area contributed by atoms with Gasteiger partial charge in [0, 0.05) is 43.9 Å². The summed E-state index contributed by atoms with van der Waals surface area (Å²) in [4.78, 5) is 16.8. The maximum atomic E-state index is 13.5. The van der Waals surface area contributed by atoms with Gasteiger partial charge in [0.15, 0.2) is 0 Å². The Bertz CT molecular complexity index is 1250. The lowest BCUT2D eigenvalue weighted by Crippen LogP contribution is -2.52. The van der Waals surface area contributed by atoms with Crippen LogP contribution in [0.4, 0.5) is 4.79 Å². The van der Waals surface area contributed by atoms with E-state index in [9.17, 15) is 18.3 Å². The monoisotopic (exact) mass is 541 g/mol. The van der Waals surface area contributed by atoms with Crippen molar-refractivity contribution in [1.29, 1.82) is 0 Å². The molecule has 3 rings (SSSR count). The van der Waals surface area contributed by atoms with E-state index in [1.165, 1.54) is 23.5 Å². The van der Waals surface area contributed by atoms with Crippen molar-refractivity contribution in [2.75, 3.05) is 20.2 Å². The van der Waals surface area contributed by atoms with Crippen LogP contribution >= 0.6 is 0 Å². The number of hydrogen-bond acceptors (Lipinski definition) is 7. The van der Waals surface area contributed by atoms with Crippen LogP contribution in [0.5, 0.6) is 5.75 Å². The third kappa shape index (κ3) is 8.54. The first-order valence-corrected chi connectivity index (χ1v) is 13.8. The topological polar surface area (TPSA) is 118 Å². The summed E-state index contributed by atoms with van der Waals surface area (Å²) in [7, 11) is -2.36. The predicted octanol–water partition coefficient (Wildman–Crippen LogP) is 3.98. The van der Waals surface area contributed by atoms with Gasteiger partial charge in [0.25, 0.3) is 0 Å². The van der Waals surface area contributed by atoms with E-state index in [1.807, 2.05) is 44.2 Å². The maximum absolute atomic E-state index is 13.5. The summed E-state index contributed by atoms with van der Waals surface area (Å²) >= 11 is 0. The van der Waals surface area contributed by atoms with Gasteiger partial charge in [0.1, 0.15) is 18.1 Å². The van der Waals surface area contributed by atoms with Gasteiger partial charge in [-0.25, -0.2) is 13.2 Å². The van der Waals surface area contributed by atoms with Crippen LogP contribution in [-0.4, -0.2) is 54.8 Å². The maximum Gasteiger partial charge on any atom is 0.409 e. The summed E-state index contributed by atoms with van der Waals surface area (Å²) in [6, 6.07) is 18.8. The summed E-state index contributed by atoms with van der Waals surface area (Å²) in [5.41, 5.74) is -0.295. The first-order valence-electron chi connectivity index (χ1n) is 12.4. The molecule has 1 amide bonds. The summed E-state index contributed by atoms with van der Waals surface area (Å²) in [5.74, 6) is 0.577. The number of amides is 1. The average molecular weight is 542 g/mol. The number of hydrogen-bond donors (Lipinski definition) is 2. The molecule has 1 aromatic heterocycles. The van der Waals surface area contributed by atoms with Crippen LogP contribution < -0.4 is 10.1 Å². The lowest BCUT2D eigenvalue weighted by molar-refractivity contribution is -0.00773. The minimum Gasteiger partial charge on any atom is -0.497 e. The molecule has 2 N–H and O–H groups in total. The molecular formula is C28H35N3O6S. The highest BCUT2D eigenvalue weighted by atomic mass is 32.2. The van der Waals surface area contributed by atoms with Crippen molar-refractivity contribution < 1.29 is 27.8 Å². The molecule has 2 aromatic carbocycles. The Hall–Kier alpha value is -3.47. The van der Waals surface area contributed by atoms with Gasteiger partial charge in [-0.15, -0.1) is 0 Å². The number of ether oxygens (including phenoxy) is 2. The minimum atomic E-state index is -3.88. The number of methoxy groups -OCH3 is 1. The number of carbonyl (C=O) groups is 1. The Balaban J connectivity index is 1.79. The normalized spacial score (nSPS) is 13.2. The zero-order valence-corrected chi connectivity index (χ0v) is 22.7. The van der Waals surface area contributed by atoms with Crippen molar-refractivity contribution >= 4 is 16.1 Å². The van der Waals surface area contributed by atoms with Gasteiger partial charge in [-0.2, -0.15) is 4.31 Å². The van der Waals surface area contributed by atoms with Crippen molar-refractivity contribution in [3.63, 3.8) is 0 Å². The summed E-state index contributed by atoms with van der Waals surface area (Å²) in [6.45, 7) is 4.02. The molecule has 0 radical (unpaired) electrons. The zero-order valence-electron chi connectivity index (χ0n) is 21.9. The van der Waals surface area contributed by atoms with Crippen LogP contribution in [0.1, 0.15) is 31.4 Å². The first kappa shape index (κ1) is 29.1. The van der Waals surface area contributed by atoms with Crippen molar-refractivity contribution in [3.05, 3.63) is 90.3 Å². The molecule has 10 heteroatoms. The fourth-order valence-electron chi connectivity index (χ4n) is 3.91. The van der Waals surface area contributed by atoms with Crippen molar-refractivity contribution in [2.24, 2.45) is 5.92 Å². The van der Waals surface area contributed by atoms with Crippen LogP contribution in [0.2, 0.25) is 0 Å². The summed E-state index contributed by atoms with van der Waals surface area (Å²) in [6.07, 6.45) is 2.38. The number of nitrogens with zero attached hydrogens (tertiary/aromatic N) is 2. The van der Waals surface area contributed by atoms with Crippen LogP contribution in [0.25, 0.3) is 0 Å². The number of aromatic nitrogens is 1. The Morgan fingerprint density at radius 2 is 1.74 bits per heavy atom. The van der Waals surface area contributed by atoms with Gasteiger partial charge in [-0.1, -0.05) is 50.2 Å². The lowest BCUT2D eigenvalue weighted by Gasteiger charge is -2.32. The highest BCUT2D eigenvalue weighted by Gasteiger charge is 2.34. The highest BCUT2D eigenvalue weighted by Crippen LogP contribution is 2.23. The van der Waals surface area contributed by atoms with Crippen LogP contribution in [0.15, 0.2) is 84.0 Å². The highest BCUT2D eigenvalue weighted by molar-refractivity contribution is 7.89. The van der Waals surface area contributed by atoms with Crippen LogP contribution in [0, 0.1) is 5.92 Å². The molecular weight excluding hydrogens is 506 g/mol. The Morgan fingerprint density at radius 3 is 2.34 bits per heavy atom. The number of carbonyl (C=O) groups excluding carboxylic acids is 1. The Kier molecular flexibility index (Phi) is 10.2. The van der Waals surface area contributed by atoms with Crippen molar-refractivity contribution in [1.82, 2.24) is 14.6 Å². The second-order valence-electron chi connectivity index (χ2n) is 9.44. The van der Waals surface area contributed by atoms with Gasteiger partial charge in [-0.05, 0) is 41.8 Å². The molecule has 0 spiro atoms. The predicted molar refractivity (Wildman–Crippen MR) is 144 cm³/mol. The second kappa shape index (κ2) is 13.4. The standard InChI is InChI=1S/C28H35N3O6S/c1-22(2)20-31(38(34,35)26-13-11-25(36-3)12-14-26)17-15-28(33,18-23-8-5-4-6-9-23)30-27(32)37-21-24-10-7-16-29-19-24/h4-14,16,19,22,33H,15,17-18,20-21H2,1-3H3,(H,30,32). The smallest absolute Gasteiger partial charge is 0.409 e. The summed E-state index contributed by atoms with van der Waals surface area (Å²) < 4.78 is 38.8. The molecule has 0 saturated heterocycles. The van der Waals surface area contributed by atoms with E-state index in [0.717, 1.165) is 5.56 Å². The molecule has 0 fully saturated rings. The Labute approximate surface area is 224 Å². The molecule has 0 aliphatic carbocycles. The second-order valence-corrected chi connectivity index (χ2v) is 11.4. The van der Waals surface area contributed by atoms with Crippen LogP contribution in [0.3, 0.4) is 0 Å². The molecule has 0 saturated carbocycles. The lowest BCUT2D eigenvalue weighted by atomic mass is 9.99. The number of nitrogens with one attached hydrogen (secondary N) is 1. The molecule has 1 unspecified atom stereocenters. The molecule has 1 heterocycles. The molecule has 1 atom stereocenters. The third-order valence-electron chi connectivity index (χ3n) is 5.81. The molecule has 9 nitrogen and oxygen atoms in total. The molecule has 38 heavy (non-hydrogen) atoms. The average Bonchev–Trinajstić information content (AvgIpc) is 2.90. The third-order valence-corrected chi connectivity index (χ3v) is 7.69. The summed E-state index contributed by atoms with van der Waals surface area (Å²) in [5, 5.41) is 14.1. The van der Waals surface area contributed by atoms with Crippen LogP contribution in [-0.2, 0) is 27.8 Å². The number of rotatable bonds is 13. The van der Waals surface area contributed by atoms with Crippen molar-refractivity contribution in [2.45, 2.75) is 43.9 Å². The SMILES string of the molecule is COc1ccc(S(=O)(=O)N(CCC(O)(Cc2ccccc2)NC(=O)OCc2cccnc2)CC(C)C)cc1. The van der Waals surface area contributed by atoms with Gasteiger partial charge in [0.2, 0.25) is 10.0 Å². The quantitative estimate of drug-likeness (QED) is 0.314. The molecule has 3 aromatic rings. The van der Waals surface area contributed by atoms with Gasteiger partial charge < -0.3 is 14.6 Å². The molecule has 204 valence electrons. The number of benzene rings is 2. The van der Waals surface area contributed by atoms with Crippen molar-refractivity contribution in [3.8, 4) is 5.75 Å². The largest absolute Gasteiger partial charge is 0.497 e. The van der Waals surface area contributed by atoms with Gasteiger partial charge in [-0.3, -0.25) is 10.3 Å². The molecule has 0 aliphatic rings. The fourth-order valence-corrected chi connectivity index (χ4v) is 5.51. The number of alkyl carbamates (subject to hydrolysis) is 1. The van der Waals surface area contributed by atoms with E-state index in [2.05, 4.69) is 10.3 Å². The first-order chi connectivity index (χ1) is 18.1. The fraction of sp³-hybridized carbons (Fsp3) is 0.357. The molecule has 0 bridgehead atoms. The zero-order chi connectivity index (χ0) is 27.6. The minimum absolute atomic E-state index is 0.0214. The van der Waals surface area contributed by atoms with Gasteiger partial charge in [0.05, 0.1) is 12.0 Å². The van der Waals surface area contributed by atoms with E-state index in [0.29, 0.717) is 11.3 Å². The number of pyridine rings is 1. The van der Waals surface area contributed by atoms with E-state index in [4.69, 9.17) is 9.47 Å². The van der Waals surface area contributed by atoms with E-state index in [1.54, 1.807) is 36.7 Å². The van der Waals surface area contributed by atoms with E-state index >= 15 is 0 Å². The molecule has 0 aliphatic heterocycles.